The molecule has 0 saturated heterocycles. The standard InChI is InChI=1S/C13H10N4O3S/c1-21(18,19)10-6-4-8-15-11(10)12-16-13(20-17-12)9-5-2-3-7-14-9/h2-8H,1H3. The van der Waals surface area contributed by atoms with Crippen molar-refractivity contribution in [3.63, 3.8) is 0 Å². The molecule has 8 heteroatoms. The SMILES string of the molecule is CS(=O)(=O)c1cccnc1-c1noc(-c2ccccn2)n1. The van der Waals surface area contributed by atoms with Crippen LogP contribution >= 0.6 is 0 Å². The molecule has 0 aliphatic carbocycles. The maximum Gasteiger partial charge on any atom is 0.276 e. The third-order valence-corrected chi connectivity index (χ3v) is 3.82. The summed E-state index contributed by atoms with van der Waals surface area (Å²) >= 11 is 0. The molecule has 0 aromatic carbocycles. The molecule has 7 nitrogen and oxygen atoms in total. The number of sulfone groups is 1. The van der Waals surface area contributed by atoms with E-state index in [1.54, 1.807) is 30.5 Å². The van der Waals surface area contributed by atoms with Gasteiger partial charge in [-0.2, -0.15) is 4.98 Å². The van der Waals surface area contributed by atoms with E-state index in [4.69, 9.17) is 4.52 Å². The number of aromatic nitrogens is 4. The van der Waals surface area contributed by atoms with Crippen molar-refractivity contribution in [1.29, 1.82) is 0 Å². The molecule has 0 aliphatic heterocycles. The lowest BCUT2D eigenvalue weighted by Crippen LogP contribution is -2.02. The van der Waals surface area contributed by atoms with Crippen LogP contribution in [0.1, 0.15) is 0 Å². The fraction of sp³-hybridized carbons (Fsp3) is 0.0769. The molecule has 0 fully saturated rings. The normalized spacial score (nSPS) is 11.5. The van der Waals surface area contributed by atoms with E-state index < -0.39 is 9.84 Å². The van der Waals surface area contributed by atoms with Crippen LogP contribution in [-0.4, -0.2) is 34.8 Å². The minimum atomic E-state index is -3.44. The Kier molecular flexibility index (Phi) is 3.22. The van der Waals surface area contributed by atoms with Crippen LogP contribution in [0.15, 0.2) is 52.1 Å². The number of nitrogens with zero attached hydrogens (tertiary/aromatic N) is 4. The Hall–Kier alpha value is -2.61. The first-order valence-corrected chi connectivity index (χ1v) is 7.85. The fourth-order valence-electron chi connectivity index (χ4n) is 1.77. The fourth-order valence-corrected chi connectivity index (χ4v) is 2.59. The van der Waals surface area contributed by atoms with Crippen LogP contribution in [0.5, 0.6) is 0 Å². The van der Waals surface area contributed by atoms with Crippen LogP contribution in [0.4, 0.5) is 0 Å². The zero-order chi connectivity index (χ0) is 14.9. The van der Waals surface area contributed by atoms with E-state index in [1.165, 1.54) is 12.3 Å². The summed E-state index contributed by atoms with van der Waals surface area (Å²) in [7, 11) is -3.44. The van der Waals surface area contributed by atoms with Gasteiger partial charge in [-0.15, -0.1) is 0 Å². The Morgan fingerprint density at radius 1 is 1.05 bits per heavy atom. The first-order valence-electron chi connectivity index (χ1n) is 5.96. The Morgan fingerprint density at radius 2 is 1.86 bits per heavy atom. The second-order valence-corrected chi connectivity index (χ2v) is 6.24. The highest BCUT2D eigenvalue weighted by Crippen LogP contribution is 2.24. The molecule has 21 heavy (non-hydrogen) atoms. The van der Waals surface area contributed by atoms with Crippen molar-refractivity contribution in [1.82, 2.24) is 20.1 Å². The molecular weight excluding hydrogens is 292 g/mol. The van der Waals surface area contributed by atoms with Crippen molar-refractivity contribution in [3.8, 4) is 23.1 Å². The Bertz CT molecular complexity index is 875. The largest absolute Gasteiger partial charge is 0.332 e. The number of hydrogen-bond donors (Lipinski definition) is 0. The lowest BCUT2D eigenvalue weighted by Gasteiger charge is -2.01. The van der Waals surface area contributed by atoms with Crippen LogP contribution in [-0.2, 0) is 9.84 Å². The zero-order valence-electron chi connectivity index (χ0n) is 11.0. The summed E-state index contributed by atoms with van der Waals surface area (Å²) in [4.78, 5) is 12.3. The predicted molar refractivity (Wildman–Crippen MR) is 73.9 cm³/mol. The van der Waals surface area contributed by atoms with Gasteiger partial charge in [0.15, 0.2) is 9.84 Å². The van der Waals surface area contributed by atoms with Gasteiger partial charge in [0.2, 0.25) is 5.82 Å². The van der Waals surface area contributed by atoms with Gasteiger partial charge < -0.3 is 4.52 Å². The topological polar surface area (TPSA) is 98.8 Å². The molecule has 3 aromatic rings. The summed E-state index contributed by atoms with van der Waals surface area (Å²) in [5.41, 5.74) is 0.666. The molecule has 0 bridgehead atoms. The zero-order valence-corrected chi connectivity index (χ0v) is 11.8. The maximum atomic E-state index is 11.8. The summed E-state index contributed by atoms with van der Waals surface area (Å²) < 4.78 is 28.6. The van der Waals surface area contributed by atoms with Gasteiger partial charge in [0.1, 0.15) is 11.4 Å². The van der Waals surface area contributed by atoms with Gasteiger partial charge in [0.05, 0.1) is 4.90 Å². The lowest BCUT2D eigenvalue weighted by atomic mass is 10.3. The third-order valence-electron chi connectivity index (χ3n) is 2.69. The predicted octanol–water partition coefficient (Wildman–Crippen LogP) is 1.60. The maximum absolute atomic E-state index is 11.8. The monoisotopic (exact) mass is 302 g/mol. The first-order chi connectivity index (χ1) is 10.1. The summed E-state index contributed by atoms with van der Waals surface area (Å²) in [6.07, 6.45) is 4.18. The van der Waals surface area contributed by atoms with Crippen LogP contribution in [0.3, 0.4) is 0 Å². The van der Waals surface area contributed by atoms with E-state index in [1.807, 2.05) is 0 Å². The molecule has 3 aromatic heterocycles. The van der Waals surface area contributed by atoms with Crippen LogP contribution in [0.2, 0.25) is 0 Å². The molecule has 0 spiro atoms. The molecule has 3 rings (SSSR count). The van der Waals surface area contributed by atoms with Crippen LogP contribution in [0, 0.1) is 0 Å². The minimum absolute atomic E-state index is 0.0540. The molecule has 3 heterocycles. The molecule has 0 amide bonds. The van der Waals surface area contributed by atoms with Crippen molar-refractivity contribution in [3.05, 3.63) is 42.7 Å². The van der Waals surface area contributed by atoms with E-state index in [-0.39, 0.29) is 22.3 Å². The van der Waals surface area contributed by atoms with Crippen LogP contribution < -0.4 is 0 Å². The molecule has 0 atom stereocenters. The van der Waals surface area contributed by atoms with Gasteiger partial charge in [0, 0.05) is 18.6 Å². The highest BCUT2D eigenvalue weighted by atomic mass is 32.2. The highest BCUT2D eigenvalue weighted by Gasteiger charge is 2.20. The third kappa shape index (κ3) is 2.65. The first kappa shape index (κ1) is 13.4. The molecule has 106 valence electrons. The molecule has 0 saturated carbocycles. The van der Waals surface area contributed by atoms with Crippen molar-refractivity contribution in [2.24, 2.45) is 0 Å². The van der Waals surface area contributed by atoms with E-state index in [9.17, 15) is 8.42 Å². The number of hydrogen-bond acceptors (Lipinski definition) is 7. The van der Waals surface area contributed by atoms with Crippen molar-refractivity contribution in [2.45, 2.75) is 4.90 Å². The highest BCUT2D eigenvalue weighted by molar-refractivity contribution is 7.90. The molecule has 0 N–H and O–H groups in total. The van der Waals surface area contributed by atoms with Gasteiger partial charge in [-0.3, -0.25) is 9.97 Å². The van der Waals surface area contributed by atoms with Gasteiger partial charge in [-0.1, -0.05) is 11.2 Å². The number of rotatable bonds is 3. The summed E-state index contributed by atoms with van der Waals surface area (Å²) in [5, 5.41) is 3.78. The van der Waals surface area contributed by atoms with E-state index in [0.29, 0.717) is 5.69 Å². The van der Waals surface area contributed by atoms with E-state index in [2.05, 4.69) is 20.1 Å². The second kappa shape index (κ2) is 5.06. The number of pyridine rings is 2. The van der Waals surface area contributed by atoms with Gasteiger partial charge >= 0.3 is 0 Å². The summed E-state index contributed by atoms with van der Waals surface area (Å²) in [6, 6.07) is 8.26. The average Bonchev–Trinajstić information content (AvgIpc) is 2.97. The van der Waals surface area contributed by atoms with Gasteiger partial charge in [-0.05, 0) is 24.3 Å². The molecular formula is C13H10N4O3S. The molecule has 0 aliphatic rings. The van der Waals surface area contributed by atoms with Crippen molar-refractivity contribution in [2.75, 3.05) is 6.26 Å². The smallest absolute Gasteiger partial charge is 0.276 e. The second-order valence-electron chi connectivity index (χ2n) is 4.26. The Balaban J connectivity index is 2.10. The van der Waals surface area contributed by atoms with Crippen molar-refractivity contribution < 1.29 is 12.9 Å². The minimum Gasteiger partial charge on any atom is -0.332 e. The summed E-state index contributed by atoms with van der Waals surface area (Å²) in [5.74, 6) is 0.312. The Morgan fingerprint density at radius 3 is 2.57 bits per heavy atom. The van der Waals surface area contributed by atoms with Crippen molar-refractivity contribution >= 4 is 9.84 Å². The Labute approximate surface area is 120 Å². The van der Waals surface area contributed by atoms with Crippen LogP contribution in [0.25, 0.3) is 23.1 Å². The molecule has 0 unspecified atom stereocenters. The quantitative estimate of drug-likeness (QED) is 0.724. The van der Waals surface area contributed by atoms with E-state index in [0.717, 1.165) is 6.26 Å². The average molecular weight is 302 g/mol. The summed E-state index contributed by atoms with van der Waals surface area (Å²) in [6.45, 7) is 0. The van der Waals surface area contributed by atoms with Gasteiger partial charge in [-0.25, -0.2) is 8.42 Å². The lowest BCUT2D eigenvalue weighted by molar-refractivity contribution is 0.430. The van der Waals surface area contributed by atoms with Gasteiger partial charge in [0.25, 0.3) is 5.89 Å². The molecule has 0 radical (unpaired) electrons. The van der Waals surface area contributed by atoms with E-state index >= 15 is 0 Å².